The number of nitrogens with zero attached hydrogens (tertiary/aromatic N) is 1. The van der Waals surface area contributed by atoms with Crippen LogP contribution in [0.4, 0.5) is 0 Å². The second-order valence-corrected chi connectivity index (χ2v) is 5.02. The largest absolute Gasteiger partial charge is 0.390 e. The quantitative estimate of drug-likeness (QED) is 0.861. The number of benzene rings is 1. The molecule has 21 heavy (non-hydrogen) atoms. The van der Waals surface area contributed by atoms with Crippen molar-refractivity contribution < 1.29 is 9.90 Å². The van der Waals surface area contributed by atoms with Gasteiger partial charge in [-0.15, -0.1) is 0 Å². The Morgan fingerprint density at radius 3 is 2.00 bits per heavy atom. The van der Waals surface area contributed by atoms with Crippen LogP contribution in [0.2, 0.25) is 0 Å². The van der Waals surface area contributed by atoms with Gasteiger partial charge < -0.3 is 9.90 Å². The van der Waals surface area contributed by atoms with Crippen molar-refractivity contribution in [3.63, 3.8) is 0 Å². The molecule has 2 rings (SSSR count). The van der Waals surface area contributed by atoms with Crippen LogP contribution in [-0.2, 0) is 4.79 Å². The minimum atomic E-state index is -0.569. The first-order chi connectivity index (χ1) is 10.1. The molecule has 1 fully saturated rings. The van der Waals surface area contributed by atoms with Gasteiger partial charge in [0.25, 0.3) is 0 Å². The van der Waals surface area contributed by atoms with Gasteiger partial charge in [0.2, 0.25) is 0 Å². The molecule has 0 amide bonds. The molecule has 0 radical (unpaired) electrons. The lowest BCUT2D eigenvalue weighted by atomic mass is 9.92. The first kappa shape index (κ1) is 19.8. The number of aldehydes is 1. The van der Waals surface area contributed by atoms with Crippen LogP contribution in [0.3, 0.4) is 0 Å². The number of hydrogen-bond donors (Lipinski definition) is 1. The molecule has 1 N–H and O–H groups in total. The summed E-state index contributed by atoms with van der Waals surface area (Å²) in [6.45, 7) is 11.4. The number of rotatable bonds is 3. The first-order valence-corrected chi connectivity index (χ1v) is 8.09. The smallest absolute Gasteiger partial charge is 0.141 e. The van der Waals surface area contributed by atoms with E-state index >= 15 is 0 Å². The van der Waals surface area contributed by atoms with Crippen molar-refractivity contribution >= 4 is 6.29 Å². The van der Waals surface area contributed by atoms with Gasteiger partial charge in [-0.25, -0.2) is 0 Å². The van der Waals surface area contributed by atoms with E-state index in [1.807, 2.05) is 65.0 Å². The fourth-order valence-corrected chi connectivity index (χ4v) is 2.31. The highest BCUT2D eigenvalue weighted by Crippen LogP contribution is 2.27. The zero-order valence-corrected chi connectivity index (χ0v) is 14.2. The summed E-state index contributed by atoms with van der Waals surface area (Å²) in [5.41, 5.74) is 0.463. The van der Waals surface area contributed by atoms with Gasteiger partial charge in [-0.1, -0.05) is 58.0 Å². The molecular formula is C18H31NO2. The maximum atomic E-state index is 11.3. The van der Waals surface area contributed by atoms with Gasteiger partial charge in [-0.3, -0.25) is 4.90 Å². The van der Waals surface area contributed by atoms with Gasteiger partial charge >= 0.3 is 0 Å². The van der Waals surface area contributed by atoms with Crippen molar-refractivity contribution in [2.45, 2.75) is 59.1 Å². The van der Waals surface area contributed by atoms with E-state index in [-0.39, 0.29) is 6.04 Å². The Balaban J connectivity index is 0.000000921. The summed E-state index contributed by atoms with van der Waals surface area (Å²) in [4.78, 5) is 13.4. The van der Waals surface area contributed by atoms with E-state index in [2.05, 4.69) is 4.90 Å². The highest BCUT2D eigenvalue weighted by molar-refractivity contribution is 5.61. The highest BCUT2D eigenvalue weighted by Gasteiger charge is 2.31. The Kier molecular flexibility index (Phi) is 9.93. The van der Waals surface area contributed by atoms with Gasteiger partial charge in [0.05, 0.1) is 11.6 Å². The topological polar surface area (TPSA) is 40.5 Å². The number of carbonyl (C=O) groups excluding carboxylic acids is 1. The molecule has 1 saturated heterocycles. The Labute approximate surface area is 130 Å². The molecule has 1 heterocycles. The molecule has 3 nitrogen and oxygen atoms in total. The monoisotopic (exact) mass is 293 g/mol. The van der Waals surface area contributed by atoms with Crippen LogP contribution in [0, 0.1) is 0 Å². The summed E-state index contributed by atoms with van der Waals surface area (Å²) in [6.07, 6.45) is 2.45. The third-order valence-corrected chi connectivity index (χ3v) is 3.54. The molecule has 1 aliphatic rings. The minimum absolute atomic E-state index is 0.174. The minimum Gasteiger partial charge on any atom is -0.390 e. The SMILES string of the molecule is CC.CC.CC1(O)CCN(C(C=O)c2ccccc2)CC1. The van der Waals surface area contributed by atoms with Crippen LogP contribution in [0.15, 0.2) is 30.3 Å². The number of carbonyl (C=O) groups is 1. The molecule has 1 aromatic rings. The molecule has 0 aliphatic carbocycles. The van der Waals surface area contributed by atoms with E-state index in [0.717, 1.165) is 37.8 Å². The number of likely N-dealkylation sites (tertiary alicyclic amines) is 1. The lowest BCUT2D eigenvalue weighted by Crippen LogP contribution is -2.44. The summed E-state index contributed by atoms with van der Waals surface area (Å²) < 4.78 is 0. The van der Waals surface area contributed by atoms with Crippen LogP contribution < -0.4 is 0 Å². The van der Waals surface area contributed by atoms with Crippen molar-refractivity contribution in [3.05, 3.63) is 35.9 Å². The first-order valence-electron chi connectivity index (χ1n) is 8.09. The average molecular weight is 293 g/mol. The van der Waals surface area contributed by atoms with Crippen molar-refractivity contribution in [2.75, 3.05) is 13.1 Å². The molecule has 0 spiro atoms. The maximum absolute atomic E-state index is 11.3. The van der Waals surface area contributed by atoms with Crippen molar-refractivity contribution in [2.24, 2.45) is 0 Å². The van der Waals surface area contributed by atoms with E-state index in [0.29, 0.717) is 0 Å². The van der Waals surface area contributed by atoms with E-state index in [4.69, 9.17) is 0 Å². The van der Waals surface area contributed by atoms with E-state index < -0.39 is 5.60 Å². The maximum Gasteiger partial charge on any atom is 0.141 e. The predicted octanol–water partition coefficient (Wildman–Crippen LogP) is 3.83. The van der Waals surface area contributed by atoms with Crippen LogP contribution in [0.25, 0.3) is 0 Å². The van der Waals surface area contributed by atoms with Gasteiger partial charge in [0.15, 0.2) is 0 Å². The fraction of sp³-hybridized carbons (Fsp3) is 0.611. The number of piperidine rings is 1. The summed E-state index contributed by atoms with van der Waals surface area (Å²) in [5, 5.41) is 9.90. The average Bonchev–Trinajstić information content (AvgIpc) is 2.54. The predicted molar refractivity (Wildman–Crippen MR) is 89.4 cm³/mol. The normalized spacial score (nSPS) is 18.4. The molecule has 0 bridgehead atoms. The standard InChI is InChI=1S/C14H19NO2.2C2H6/c1-14(17)7-9-15(10-8-14)13(11-16)12-5-3-2-4-6-12;2*1-2/h2-6,11,13,17H,7-10H2,1H3;2*1-2H3. The molecule has 0 aromatic heterocycles. The lowest BCUT2D eigenvalue weighted by Gasteiger charge is -2.38. The van der Waals surface area contributed by atoms with Crippen LogP contribution >= 0.6 is 0 Å². The van der Waals surface area contributed by atoms with Crippen molar-refractivity contribution in [1.82, 2.24) is 4.90 Å². The van der Waals surface area contributed by atoms with Gasteiger partial charge in [0, 0.05) is 13.1 Å². The molecule has 3 heteroatoms. The Morgan fingerprint density at radius 1 is 1.10 bits per heavy atom. The summed E-state index contributed by atoms with van der Waals surface area (Å²) in [6, 6.07) is 9.63. The molecule has 1 atom stereocenters. The van der Waals surface area contributed by atoms with Gasteiger partial charge in [-0.05, 0) is 25.3 Å². The zero-order chi connectivity index (χ0) is 16.3. The lowest BCUT2D eigenvalue weighted by molar-refractivity contribution is -0.114. The third kappa shape index (κ3) is 6.40. The zero-order valence-electron chi connectivity index (χ0n) is 14.2. The molecule has 1 unspecified atom stereocenters. The van der Waals surface area contributed by atoms with E-state index in [1.54, 1.807) is 0 Å². The van der Waals surface area contributed by atoms with E-state index in [1.165, 1.54) is 0 Å². The fourth-order valence-electron chi connectivity index (χ4n) is 2.31. The highest BCUT2D eigenvalue weighted by atomic mass is 16.3. The third-order valence-electron chi connectivity index (χ3n) is 3.54. The summed E-state index contributed by atoms with van der Waals surface area (Å²) in [5.74, 6) is 0. The Morgan fingerprint density at radius 2 is 1.57 bits per heavy atom. The van der Waals surface area contributed by atoms with Crippen LogP contribution in [0.5, 0.6) is 0 Å². The van der Waals surface area contributed by atoms with Crippen LogP contribution in [0.1, 0.15) is 59.1 Å². The number of hydrogen-bond acceptors (Lipinski definition) is 3. The van der Waals surface area contributed by atoms with Gasteiger partial charge in [-0.2, -0.15) is 0 Å². The van der Waals surface area contributed by atoms with Gasteiger partial charge in [0.1, 0.15) is 6.29 Å². The molecule has 1 aromatic carbocycles. The molecule has 1 aliphatic heterocycles. The Hall–Kier alpha value is -1.19. The van der Waals surface area contributed by atoms with Crippen LogP contribution in [-0.4, -0.2) is 35.0 Å². The molecule has 0 saturated carbocycles. The van der Waals surface area contributed by atoms with Crippen molar-refractivity contribution in [1.29, 1.82) is 0 Å². The van der Waals surface area contributed by atoms with E-state index in [9.17, 15) is 9.90 Å². The summed E-state index contributed by atoms with van der Waals surface area (Å²) >= 11 is 0. The van der Waals surface area contributed by atoms with Crippen molar-refractivity contribution in [3.8, 4) is 0 Å². The molecule has 120 valence electrons. The number of aliphatic hydroxyl groups is 1. The molecular weight excluding hydrogens is 262 g/mol. The second kappa shape index (κ2) is 10.5. The Bertz CT molecular complexity index is 366. The second-order valence-electron chi connectivity index (χ2n) is 5.02. The summed E-state index contributed by atoms with van der Waals surface area (Å²) in [7, 11) is 0.